The monoisotopic (exact) mass is 643 g/mol. The lowest BCUT2D eigenvalue weighted by Crippen LogP contribution is -2.10. The van der Waals surface area contributed by atoms with E-state index in [2.05, 4.69) is 169 Å². The summed E-state index contributed by atoms with van der Waals surface area (Å²) in [6.07, 6.45) is 0. The van der Waals surface area contributed by atoms with Crippen LogP contribution < -0.4 is 4.90 Å². The summed E-state index contributed by atoms with van der Waals surface area (Å²) in [6.45, 7) is 0. The molecule has 8 aromatic carbocycles. The molecule has 10 rings (SSSR count). The number of thiophene rings is 1. The van der Waals surface area contributed by atoms with E-state index in [1.54, 1.807) is 0 Å². The van der Waals surface area contributed by atoms with Gasteiger partial charge in [0.1, 0.15) is 11.2 Å². The molecule has 49 heavy (non-hydrogen) atoms. The fraction of sp³-hybridized carbons (Fsp3) is 0. The smallest absolute Gasteiger partial charge is 0.137 e. The van der Waals surface area contributed by atoms with Gasteiger partial charge in [0.2, 0.25) is 0 Å². The number of fused-ring (bicyclic) bond motifs is 8. The van der Waals surface area contributed by atoms with Crippen LogP contribution in [0.5, 0.6) is 0 Å². The van der Waals surface area contributed by atoms with Gasteiger partial charge in [-0.1, -0.05) is 115 Å². The zero-order chi connectivity index (χ0) is 32.3. The number of benzene rings is 8. The first-order chi connectivity index (χ1) is 24.3. The number of hydrogen-bond donors (Lipinski definition) is 0. The van der Waals surface area contributed by atoms with E-state index in [1.807, 2.05) is 23.5 Å². The lowest BCUT2D eigenvalue weighted by atomic mass is 9.94. The largest absolute Gasteiger partial charge is 0.456 e. The molecule has 0 aliphatic carbocycles. The number of nitrogens with zero attached hydrogens (tertiary/aromatic N) is 1. The molecule has 0 N–H and O–H groups in total. The average molecular weight is 644 g/mol. The Bertz CT molecular complexity index is 2830. The SMILES string of the molecule is c1ccc(-c2ccc(N(c3cccc(-c4cccc5ccc6sc7ccccc7c6c45)c3)c3ccc4c(c3)oc3ccccc34)cc2)cc1. The van der Waals surface area contributed by atoms with Crippen molar-refractivity contribution in [3.63, 3.8) is 0 Å². The average Bonchev–Trinajstić information content (AvgIpc) is 3.74. The van der Waals surface area contributed by atoms with E-state index >= 15 is 0 Å². The van der Waals surface area contributed by atoms with E-state index in [0.717, 1.165) is 39.0 Å². The van der Waals surface area contributed by atoms with Gasteiger partial charge in [0.15, 0.2) is 0 Å². The van der Waals surface area contributed by atoms with Gasteiger partial charge in [-0.3, -0.25) is 0 Å². The molecule has 2 aromatic heterocycles. The normalized spacial score (nSPS) is 11.7. The quantitative estimate of drug-likeness (QED) is 0.186. The third-order valence-electron chi connectivity index (χ3n) is 9.65. The molecule has 0 saturated heterocycles. The first-order valence-corrected chi connectivity index (χ1v) is 17.4. The Balaban J connectivity index is 1.17. The first-order valence-electron chi connectivity index (χ1n) is 16.6. The maximum absolute atomic E-state index is 6.38. The third kappa shape index (κ3) is 4.62. The highest BCUT2D eigenvalue weighted by Crippen LogP contribution is 2.44. The maximum atomic E-state index is 6.38. The zero-order valence-corrected chi connectivity index (χ0v) is 27.3. The van der Waals surface area contributed by atoms with Crippen molar-refractivity contribution in [1.29, 1.82) is 0 Å². The minimum atomic E-state index is 0.876. The second-order valence-corrected chi connectivity index (χ2v) is 13.6. The zero-order valence-electron chi connectivity index (χ0n) is 26.5. The van der Waals surface area contributed by atoms with Gasteiger partial charge in [-0.05, 0) is 87.6 Å². The van der Waals surface area contributed by atoms with Crippen molar-refractivity contribution in [2.45, 2.75) is 0 Å². The molecular weight excluding hydrogens is 615 g/mol. The minimum Gasteiger partial charge on any atom is -0.456 e. The van der Waals surface area contributed by atoms with Crippen LogP contribution >= 0.6 is 11.3 Å². The van der Waals surface area contributed by atoms with E-state index in [1.165, 1.54) is 53.2 Å². The summed E-state index contributed by atoms with van der Waals surface area (Å²) in [5.74, 6) is 0. The summed E-state index contributed by atoms with van der Waals surface area (Å²) in [7, 11) is 0. The molecule has 0 fully saturated rings. The molecule has 0 unspecified atom stereocenters. The van der Waals surface area contributed by atoms with Gasteiger partial charge >= 0.3 is 0 Å². The molecule has 2 nitrogen and oxygen atoms in total. The van der Waals surface area contributed by atoms with Crippen LogP contribution in [0.25, 0.3) is 75.1 Å². The van der Waals surface area contributed by atoms with Crippen molar-refractivity contribution in [3.05, 3.63) is 176 Å². The Labute approximate surface area is 287 Å². The number of furan rings is 1. The van der Waals surface area contributed by atoms with Gasteiger partial charge in [0, 0.05) is 54.1 Å². The number of anilines is 3. The maximum Gasteiger partial charge on any atom is 0.137 e. The predicted octanol–water partition coefficient (Wildman–Crippen LogP) is 13.9. The highest BCUT2D eigenvalue weighted by molar-refractivity contribution is 7.26. The second kappa shape index (κ2) is 11.2. The van der Waals surface area contributed by atoms with Crippen molar-refractivity contribution >= 4 is 81.3 Å². The van der Waals surface area contributed by atoms with Crippen LogP contribution in [0.1, 0.15) is 0 Å². The summed E-state index contributed by atoms with van der Waals surface area (Å²) in [4.78, 5) is 2.34. The van der Waals surface area contributed by atoms with Crippen molar-refractivity contribution in [1.82, 2.24) is 0 Å². The van der Waals surface area contributed by atoms with Crippen molar-refractivity contribution < 1.29 is 4.42 Å². The lowest BCUT2D eigenvalue weighted by molar-refractivity contribution is 0.669. The summed E-state index contributed by atoms with van der Waals surface area (Å²) >= 11 is 1.87. The molecule has 0 saturated carbocycles. The summed E-state index contributed by atoms with van der Waals surface area (Å²) in [5.41, 5.74) is 9.79. The summed E-state index contributed by atoms with van der Waals surface area (Å²) in [6, 6.07) is 63.2. The molecule has 0 bridgehead atoms. The Morgan fingerprint density at radius 3 is 1.98 bits per heavy atom. The molecule has 3 heteroatoms. The van der Waals surface area contributed by atoms with Gasteiger partial charge < -0.3 is 9.32 Å². The summed E-state index contributed by atoms with van der Waals surface area (Å²) in [5, 5.41) is 7.46. The highest BCUT2D eigenvalue weighted by atomic mass is 32.1. The van der Waals surface area contributed by atoms with Gasteiger partial charge in [-0.25, -0.2) is 0 Å². The predicted molar refractivity (Wildman–Crippen MR) is 210 cm³/mol. The van der Waals surface area contributed by atoms with Crippen LogP contribution in [0.2, 0.25) is 0 Å². The fourth-order valence-electron chi connectivity index (χ4n) is 7.38. The van der Waals surface area contributed by atoms with E-state index in [-0.39, 0.29) is 0 Å². The number of rotatable bonds is 5. The van der Waals surface area contributed by atoms with Gasteiger partial charge in [-0.2, -0.15) is 0 Å². The Kier molecular flexibility index (Phi) is 6.39. The molecule has 0 radical (unpaired) electrons. The Hall–Kier alpha value is -6.16. The molecular formula is C46H29NOS. The molecule has 0 atom stereocenters. The Morgan fingerprint density at radius 2 is 1.08 bits per heavy atom. The molecule has 0 aliphatic heterocycles. The van der Waals surface area contributed by atoms with Crippen LogP contribution in [0.4, 0.5) is 17.1 Å². The van der Waals surface area contributed by atoms with Crippen LogP contribution in [0.3, 0.4) is 0 Å². The van der Waals surface area contributed by atoms with Crippen molar-refractivity contribution in [3.8, 4) is 22.3 Å². The van der Waals surface area contributed by atoms with Gasteiger partial charge in [-0.15, -0.1) is 11.3 Å². The highest BCUT2D eigenvalue weighted by Gasteiger charge is 2.18. The standard InChI is InChI=1S/C46H29NOS/c1-2-10-30(11-3-1)31-20-23-34(24-21-31)47(36-25-26-39-38-15-4-6-18-41(38)48-42(39)29-36)35-14-8-13-33(28-35)37-17-9-12-32-22-27-44-46(45(32)37)40-16-5-7-19-43(40)49-44/h1-29H. The van der Waals surface area contributed by atoms with Gasteiger partial charge in [0.05, 0.1) is 0 Å². The Morgan fingerprint density at radius 1 is 0.388 bits per heavy atom. The third-order valence-corrected chi connectivity index (χ3v) is 10.8. The lowest BCUT2D eigenvalue weighted by Gasteiger charge is -2.26. The van der Waals surface area contributed by atoms with Crippen LogP contribution in [-0.4, -0.2) is 0 Å². The topological polar surface area (TPSA) is 16.4 Å². The fourth-order valence-corrected chi connectivity index (χ4v) is 8.49. The molecule has 0 aliphatic rings. The molecule has 10 aromatic rings. The number of hydrogen-bond acceptors (Lipinski definition) is 3. The van der Waals surface area contributed by atoms with E-state index in [0.29, 0.717) is 0 Å². The van der Waals surface area contributed by atoms with Gasteiger partial charge in [0.25, 0.3) is 0 Å². The van der Waals surface area contributed by atoms with Crippen LogP contribution in [0, 0.1) is 0 Å². The van der Waals surface area contributed by atoms with E-state index < -0.39 is 0 Å². The summed E-state index contributed by atoms with van der Waals surface area (Å²) < 4.78 is 9.01. The van der Waals surface area contributed by atoms with Crippen LogP contribution in [0.15, 0.2) is 180 Å². The molecule has 0 amide bonds. The number of para-hydroxylation sites is 1. The minimum absolute atomic E-state index is 0.876. The van der Waals surface area contributed by atoms with Crippen molar-refractivity contribution in [2.75, 3.05) is 4.90 Å². The van der Waals surface area contributed by atoms with E-state index in [9.17, 15) is 0 Å². The second-order valence-electron chi connectivity index (χ2n) is 12.5. The van der Waals surface area contributed by atoms with Crippen LogP contribution in [-0.2, 0) is 0 Å². The van der Waals surface area contributed by atoms with Crippen molar-refractivity contribution in [2.24, 2.45) is 0 Å². The van der Waals surface area contributed by atoms with E-state index in [4.69, 9.17) is 4.42 Å². The molecule has 0 spiro atoms. The molecule has 2 heterocycles. The molecule has 230 valence electrons. The first kappa shape index (κ1) is 27.9.